The third-order valence-electron chi connectivity index (χ3n) is 4.24. The minimum atomic E-state index is -3.22. The van der Waals surface area contributed by atoms with Crippen LogP contribution < -0.4 is 9.80 Å². The molecule has 0 aliphatic carbocycles. The van der Waals surface area contributed by atoms with Crippen LogP contribution >= 0.6 is 0 Å². The van der Waals surface area contributed by atoms with E-state index < -0.39 is 15.4 Å². The quantitative estimate of drug-likeness (QED) is 0.839. The van der Waals surface area contributed by atoms with E-state index in [-0.39, 0.29) is 23.2 Å². The van der Waals surface area contributed by atoms with Crippen molar-refractivity contribution < 1.29 is 17.6 Å². The highest BCUT2D eigenvalue weighted by molar-refractivity contribution is 7.89. The van der Waals surface area contributed by atoms with Crippen molar-refractivity contribution in [1.82, 2.24) is 0 Å². The molecular weight excluding hydrogens is 340 g/mol. The van der Waals surface area contributed by atoms with E-state index in [9.17, 15) is 13.2 Å². The van der Waals surface area contributed by atoms with E-state index in [4.69, 9.17) is 4.42 Å². The third-order valence-corrected chi connectivity index (χ3v) is 5.05. The molecule has 0 atom stereocenters. The third kappa shape index (κ3) is 3.42. The number of furan rings is 1. The molecule has 0 fully saturated rings. The maximum atomic E-state index is 13.1. The molecule has 25 heavy (non-hydrogen) atoms. The smallest absolute Gasteiger partial charge is 0.294 e. The Bertz CT molecular complexity index is 915. The molecule has 0 saturated heterocycles. The monoisotopic (exact) mass is 362 g/mol. The molecule has 7 heteroatoms. The molecule has 0 unspecified atom stereocenters. The summed E-state index contributed by atoms with van der Waals surface area (Å²) in [6, 6.07) is 10.8. The molecule has 0 spiro atoms. The first kappa shape index (κ1) is 17.5. The van der Waals surface area contributed by atoms with Gasteiger partial charge >= 0.3 is 0 Å². The zero-order valence-electron chi connectivity index (χ0n) is 14.8. The van der Waals surface area contributed by atoms with Crippen molar-refractivity contribution in [3.8, 4) is 0 Å². The Hall–Kier alpha value is -2.28. The Labute approximate surface area is 148 Å². The lowest BCUT2D eigenvalue weighted by Crippen LogP contribution is -2.57. The highest BCUT2D eigenvalue weighted by Crippen LogP contribution is 2.39. The standard InChI is InChI=1S/C18H22N2O4S/c1-18(2)12-19(3)14-7-5-6-8-15(14)20(18)17(21)16-10-9-13(24-16)11-25(4,22)23/h5-10H,11-12H2,1-4H3. The molecule has 2 heterocycles. The number of amides is 1. The second-order valence-electron chi connectivity index (χ2n) is 7.13. The lowest BCUT2D eigenvalue weighted by molar-refractivity contribution is 0.0932. The number of likely N-dealkylation sites (N-methyl/N-ethyl adjacent to an activating group) is 1. The van der Waals surface area contributed by atoms with E-state index >= 15 is 0 Å². The molecule has 1 aliphatic rings. The summed E-state index contributed by atoms with van der Waals surface area (Å²) in [5.41, 5.74) is 1.34. The molecule has 0 N–H and O–H groups in total. The van der Waals surface area contributed by atoms with E-state index in [2.05, 4.69) is 4.90 Å². The molecule has 3 rings (SSSR count). The zero-order valence-corrected chi connectivity index (χ0v) is 15.6. The lowest BCUT2D eigenvalue weighted by atomic mass is 9.95. The van der Waals surface area contributed by atoms with Crippen LogP contribution in [-0.2, 0) is 15.6 Å². The van der Waals surface area contributed by atoms with Gasteiger partial charge in [0.25, 0.3) is 5.91 Å². The molecule has 134 valence electrons. The van der Waals surface area contributed by atoms with Crippen molar-refractivity contribution in [2.45, 2.75) is 25.1 Å². The van der Waals surface area contributed by atoms with E-state index in [1.54, 1.807) is 17.0 Å². The largest absolute Gasteiger partial charge is 0.455 e. The van der Waals surface area contributed by atoms with Gasteiger partial charge in [-0.3, -0.25) is 9.69 Å². The summed E-state index contributed by atoms with van der Waals surface area (Å²) < 4.78 is 28.4. The van der Waals surface area contributed by atoms with Crippen LogP contribution in [-0.4, -0.2) is 39.7 Å². The predicted molar refractivity (Wildman–Crippen MR) is 97.9 cm³/mol. The SMILES string of the molecule is CN1CC(C)(C)N(C(=O)c2ccc(CS(C)(=O)=O)o2)c2ccccc21. The van der Waals surface area contributed by atoms with Gasteiger partial charge in [0.1, 0.15) is 11.5 Å². The fraction of sp³-hybridized carbons (Fsp3) is 0.389. The Morgan fingerprint density at radius 3 is 2.44 bits per heavy atom. The van der Waals surface area contributed by atoms with E-state index in [0.717, 1.165) is 17.6 Å². The average molecular weight is 362 g/mol. The summed E-state index contributed by atoms with van der Waals surface area (Å²) in [6.45, 7) is 4.67. The molecule has 1 amide bonds. The number of para-hydroxylation sites is 2. The van der Waals surface area contributed by atoms with Gasteiger partial charge in [-0.2, -0.15) is 0 Å². The fourth-order valence-corrected chi connectivity index (χ4v) is 4.03. The van der Waals surface area contributed by atoms with Gasteiger partial charge in [-0.15, -0.1) is 0 Å². The predicted octanol–water partition coefficient (Wildman–Crippen LogP) is 2.70. The van der Waals surface area contributed by atoms with Gasteiger partial charge in [0.15, 0.2) is 15.6 Å². The van der Waals surface area contributed by atoms with Crippen LogP contribution in [0, 0.1) is 0 Å². The van der Waals surface area contributed by atoms with Crippen LogP contribution in [0.2, 0.25) is 0 Å². The minimum Gasteiger partial charge on any atom is -0.455 e. The van der Waals surface area contributed by atoms with Crippen LogP contribution in [0.15, 0.2) is 40.8 Å². The number of sulfone groups is 1. The number of anilines is 2. The Balaban J connectivity index is 2.00. The number of hydrogen-bond donors (Lipinski definition) is 0. The van der Waals surface area contributed by atoms with E-state index in [1.807, 2.05) is 45.2 Å². The first-order valence-electron chi connectivity index (χ1n) is 8.00. The molecule has 1 aliphatic heterocycles. The number of nitrogens with zero attached hydrogens (tertiary/aromatic N) is 2. The molecule has 1 aromatic heterocycles. The summed E-state index contributed by atoms with van der Waals surface area (Å²) in [5.74, 6) is -0.0781. The van der Waals surface area contributed by atoms with Crippen molar-refractivity contribution in [3.63, 3.8) is 0 Å². The molecule has 2 aromatic rings. The average Bonchev–Trinajstić information content (AvgIpc) is 2.92. The number of rotatable bonds is 3. The number of carbonyl (C=O) groups excluding carboxylic acids is 1. The van der Waals surface area contributed by atoms with Gasteiger partial charge in [0.05, 0.1) is 16.9 Å². The highest BCUT2D eigenvalue weighted by atomic mass is 32.2. The van der Waals surface area contributed by atoms with Gasteiger partial charge in [0, 0.05) is 19.8 Å². The van der Waals surface area contributed by atoms with Crippen LogP contribution in [0.1, 0.15) is 30.2 Å². The summed E-state index contributed by atoms with van der Waals surface area (Å²) in [4.78, 5) is 17.0. The van der Waals surface area contributed by atoms with Gasteiger partial charge in [-0.25, -0.2) is 8.42 Å². The van der Waals surface area contributed by atoms with Crippen LogP contribution in [0.5, 0.6) is 0 Å². The maximum absolute atomic E-state index is 13.1. The summed E-state index contributed by atoms with van der Waals surface area (Å²) in [7, 11) is -1.22. The van der Waals surface area contributed by atoms with Crippen LogP contribution in [0.25, 0.3) is 0 Å². The number of carbonyl (C=O) groups is 1. The van der Waals surface area contributed by atoms with Gasteiger partial charge in [-0.05, 0) is 38.1 Å². The fourth-order valence-electron chi connectivity index (χ4n) is 3.36. The van der Waals surface area contributed by atoms with Crippen LogP contribution in [0.3, 0.4) is 0 Å². The Morgan fingerprint density at radius 2 is 1.80 bits per heavy atom. The number of fused-ring (bicyclic) bond motifs is 1. The van der Waals surface area contributed by atoms with Crippen molar-refractivity contribution in [2.24, 2.45) is 0 Å². The zero-order chi connectivity index (χ0) is 18.4. The first-order valence-corrected chi connectivity index (χ1v) is 10.1. The van der Waals surface area contributed by atoms with Gasteiger partial charge in [-0.1, -0.05) is 12.1 Å². The molecule has 0 bridgehead atoms. The van der Waals surface area contributed by atoms with E-state index in [1.165, 1.54) is 0 Å². The highest BCUT2D eigenvalue weighted by Gasteiger charge is 2.40. The molecule has 1 aromatic carbocycles. The Kier molecular flexibility index (Phi) is 4.15. The maximum Gasteiger partial charge on any atom is 0.294 e. The lowest BCUT2D eigenvalue weighted by Gasteiger charge is -2.47. The van der Waals surface area contributed by atoms with Gasteiger partial charge < -0.3 is 9.32 Å². The summed E-state index contributed by atoms with van der Waals surface area (Å²) in [5, 5.41) is 0. The van der Waals surface area contributed by atoms with Gasteiger partial charge in [0.2, 0.25) is 0 Å². The molecule has 6 nitrogen and oxygen atoms in total. The Morgan fingerprint density at radius 1 is 1.16 bits per heavy atom. The molecular formula is C18H22N2O4S. The number of hydrogen-bond acceptors (Lipinski definition) is 5. The topological polar surface area (TPSA) is 70.8 Å². The first-order chi connectivity index (χ1) is 11.6. The second-order valence-corrected chi connectivity index (χ2v) is 9.27. The summed E-state index contributed by atoms with van der Waals surface area (Å²) in [6.07, 6.45) is 1.14. The van der Waals surface area contributed by atoms with Crippen molar-refractivity contribution in [3.05, 3.63) is 47.9 Å². The molecule has 0 radical (unpaired) electrons. The van der Waals surface area contributed by atoms with Crippen LogP contribution in [0.4, 0.5) is 11.4 Å². The summed E-state index contributed by atoms with van der Waals surface area (Å²) >= 11 is 0. The molecule has 0 saturated carbocycles. The van der Waals surface area contributed by atoms with Crippen molar-refractivity contribution in [2.75, 3.05) is 29.6 Å². The van der Waals surface area contributed by atoms with E-state index in [0.29, 0.717) is 6.54 Å². The second kappa shape index (κ2) is 5.91. The normalized spacial score (nSPS) is 16.6. The van der Waals surface area contributed by atoms with Crippen molar-refractivity contribution in [1.29, 1.82) is 0 Å². The van der Waals surface area contributed by atoms with Crippen molar-refractivity contribution >= 4 is 27.1 Å². The minimum absolute atomic E-state index is 0.145. The number of benzene rings is 1.